The molecule has 1 atom stereocenters. The molecule has 110 valence electrons. The van der Waals surface area contributed by atoms with Crippen LogP contribution >= 0.6 is 0 Å². The van der Waals surface area contributed by atoms with Crippen molar-refractivity contribution in [3.05, 3.63) is 29.8 Å². The predicted octanol–water partition coefficient (Wildman–Crippen LogP) is 1.18. The number of ether oxygens (including phenoxy) is 1. The molecule has 1 rings (SSSR count). The summed E-state index contributed by atoms with van der Waals surface area (Å²) in [7, 11) is 1.89. The number of hydrogen-bond donors (Lipinski definition) is 4. The van der Waals surface area contributed by atoms with Crippen LogP contribution in [0.4, 0.5) is 15.3 Å². The van der Waals surface area contributed by atoms with Gasteiger partial charge in [0.25, 0.3) is 0 Å². The number of hydrogen-bond acceptors (Lipinski definition) is 4. The van der Waals surface area contributed by atoms with E-state index in [4.69, 9.17) is 5.73 Å². The number of nitrogens with two attached hydrogens (primary N) is 1. The van der Waals surface area contributed by atoms with Crippen molar-refractivity contribution in [2.45, 2.75) is 13.0 Å². The maximum Gasteiger partial charge on any atom is 0.404 e. The Balaban J connectivity index is 2.36. The van der Waals surface area contributed by atoms with E-state index in [1.54, 1.807) is 0 Å². The van der Waals surface area contributed by atoms with Gasteiger partial charge < -0.3 is 26.4 Å². The second-order valence-electron chi connectivity index (χ2n) is 4.18. The average Bonchev–Trinajstić information content (AvgIpc) is 2.43. The molecule has 0 aliphatic carbocycles. The Labute approximate surface area is 117 Å². The Kier molecular flexibility index (Phi) is 6.31. The molecule has 0 heterocycles. The Bertz CT molecular complexity index is 447. The maximum atomic E-state index is 11.5. The van der Waals surface area contributed by atoms with E-state index in [9.17, 15) is 9.59 Å². The first-order valence-corrected chi connectivity index (χ1v) is 6.27. The highest BCUT2D eigenvalue weighted by Gasteiger charge is 2.04. The summed E-state index contributed by atoms with van der Waals surface area (Å²) < 4.78 is 4.49. The van der Waals surface area contributed by atoms with E-state index in [1.807, 2.05) is 38.2 Å². The van der Waals surface area contributed by atoms with Crippen LogP contribution in [0, 0.1) is 0 Å². The molecule has 1 aromatic carbocycles. The minimum atomic E-state index is -0.860. The number of nitrogens with one attached hydrogen (secondary N) is 3. The van der Waals surface area contributed by atoms with Crippen LogP contribution in [-0.4, -0.2) is 32.3 Å². The summed E-state index contributed by atoms with van der Waals surface area (Å²) in [5, 5.41) is 8.35. The fraction of sp³-hybridized carbons (Fsp3) is 0.385. The van der Waals surface area contributed by atoms with Crippen LogP contribution in [0.2, 0.25) is 0 Å². The van der Waals surface area contributed by atoms with Crippen LogP contribution in [0.3, 0.4) is 0 Å². The van der Waals surface area contributed by atoms with Gasteiger partial charge in [0.2, 0.25) is 0 Å². The van der Waals surface area contributed by atoms with E-state index in [2.05, 4.69) is 20.7 Å². The van der Waals surface area contributed by atoms with Gasteiger partial charge in [0.15, 0.2) is 0 Å². The lowest BCUT2D eigenvalue weighted by atomic mass is 10.1. The average molecular weight is 280 g/mol. The molecule has 5 N–H and O–H groups in total. The summed E-state index contributed by atoms with van der Waals surface area (Å²) in [6.07, 6.45) is -0.860. The highest BCUT2D eigenvalue weighted by atomic mass is 16.5. The van der Waals surface area contributed by atoms with Crippen molar-refractivity contribution in [3.63, 3.8) is 0 Å². The van der Waals surface area contributed by atoms with Crippen molar-refractivity contribution < 1.29 is 14.3 Å². The van der Waals surface area contributed by atoms with Crippen molar-refractivity contribution in [3.8, 4) is 0 Å². The highest BCUT2D eigenvalue weighted by molar-refractivity contribution is 5.89. The van der Waals surface area contributed by atoms with Gasteiger partial charge in [-0.25, -0.2) is 9.59 Å². The summed E-state index contributed by atoms with van der Waals surface area (Å²) in [6.45, 7) is 2.29. The van der Waals surface area contributed by atoms with E-state index in [1.165, 1.54) is 0 Å². The van der Waals surface area contributed by atoms with Crippen LogP contribution < -0.4 is 21.7 Å². The van der Waals surface area contributed by atoms with Crippen LogP contribution in [0.15, 0.2) is 24.3 Å². The van der Waals surface area contributed by atoms with Gasteiger partial charge >= 0.3 is 12.1 Å². The SMILES string of the molecule is CNC(C)c1ccc(NC(=O)NCCOC(N)=O)cc1. The van der Waals surface area contributed by atoms with Gasteiger partial charge in [0.05, 0.1) is 6.54 Å². The fourth-order valence-corrected chi connectivity index (χ4v) is 1.51. The lowest BCUT2D eigenvalue weighted by molar-refractivity contribution is 0.157. The fourth-order valence-electron chi connectivity index (χ4n) is 1.51. The predicted molar refractivity (Wildman–Crippen MR) is 76.5 cm³/mol. The third-order valence-corrected chi connectivity index (χ3v) is 2.73. The van der Waals surface area contributed by atoms with E-state index in [0.717, 1.165) is 5.56 Å². The molecule has 0 bridgehead atoms. The minimum Gasteiger partial charge on any atom is -0.448 e. The molecule has 0 aliphatic rings. The van der Waals surface area contributed by atoms with Crippen molar-refractivity contribution in [1.82, 2.24) is 10.6 Å². The van der Waals surface area contributed by atoms with Crippen LogP contribution in [0.25, 0.3) is 0 Å². The largest absolute Gasteiger partial charge is 0.448 e. The number of primary amides is 1. The number of amides is 3. The number of anilines is 1. The molecule has 1 aromatic rings. The topological polar surface area (TPSA) is 105 Å². The highest BCUT2D eigenvalue weighted by Crippen LogP contribution is 2.15. The molecule has 1 unspecified atom stereocenters. The molecule has 0 saturated carbocycles. The van der Waals surface area contributed by atoms with Gasteiger partial charge in [0.1, 0.15) is 6.61 Å². The third-order valence-electron chi connectivity index (χ3n) is 2.73. The summed E-state index contributed by atoms with van der Waals surface area (Å²) in [6, 6.07) is 7.40. The Morgan fingerprint density at radius 2 is 1.95 bits per heavy atom. The molecule has 0 aliphatic heterocycles. The van der Waals surface area contributed by atoms with E-state index in [0.29, 0.717) is 5.69 Å². The van der Waals surface area contributed by atoms with E-state index in [-0.39, 0.29) is 25.2 Å². The molecule has 3 amide bonds. The molecule has 0 radical (unpaired) electrons. The van der Waals surface area contributed by atoms with Gasteiger partial charge in [-0.2, -0.15) is 0 Å². The van der Waals surface area contributed by atoms with Crippen LogP contribution in [0.1, 0.15) is 18.5 Å². The van der Waals surface area contributed by atoms with Crippen LogP contribution in [0.5, 0.6) is 0 Å². The molecule has 0 saturated heterocycles. The maximum absolute atomic E-state index is 11.5. The lowest BCUT2D eigenvalue weighted by Crippen LogP contribution is -2.32. The standard InChI is InChI=1S/C13H20N4O3/c1-9(15-2)10-3-5-11(6-4-10)17-13(19)16-7-8-20-12(14)18/h3-6,9,15H,7-8H2,1-2H3,(H2,14,18)(H2,16,17,19). The van der Waals surface area contributed by atoms with Gasteiger partial charge in [-0.05, 0) is 31.7 Å². The third kappa shape index (κ3) is 5.57. The molecule has 20 heavy (non-hydrogen) atoms. The second kappa shape index (κ2) is 8.00. The first-order chi connectivity index (χ1) is 9.52. The number of rotatable bonds is 6. The van der Waals surface area contributed by atoms with Gasteiger partial charge in [-0.1, -0.05) is 12.1 Å². The van der Waals surface area contributed by atoms with Crippen molar-refractivity contribution in [2.75, 3.05) is 25.5 Å². The Morgan fingerprint density at radius 1 is 1.30 bits per heavy atom. The zero-order chi connectivity index (χ0) is 15.0. The molecule has 0 spiro atoms. The van der Waals surface area contributed by atoms with Crippen molar-refractivity contribution in [2.24, 2.45) is 5.73 Å². The monoisotopic (exact) mass is 280 g/mol. The Morgan fingerprint density at radius 3 is 2.50 bits per heavy atom. The first kappa shape index (κ1) is 15.8. The molecular formula is C13H20N4O3. The quantitative estimate of drug-likeness (QED) is 0.587. The Hall–Kier alpha value is -2.28. The molecule has 0 aromatic heterocycles. The van der Waals surface area contributed by atoms with Gasteiger partial charge in [-0.3, -0.25) is 0 Å². The number of carbonyl (C=O) groups is 2. The van der Waals surface area contributed by atoms with Crippen molar-refractivity contribution in [1.29, 1.82) is 0 Å². The van der Waals surface area contributed by atoms with Gasteiger partial charge in [0, 0.05) is 11.7 Å². The second-order valence-corrected chi connectivity index (χ2v) is 4.18. The number of benzene rings is 1. The van der Waals surface area contributed by atoms with Gasteiger partial charge in [-0.15, -0.1) is 0 Å². The molecular weight excluding hydrogens is 260 g/mol. The smallest absolute Gasteiger partial charge is 0.404 e. The van der Waals surface area contributed by atoms with E-state index < -0.39 is 6.09 Å². The summed E-state index contributed by atoms with van der Waals surface area (Å²) in [5.41, 5.74) is 6.61. The minimum absolute atomic E-state index is 0.0430. The molecule has 0 fully saturated rings. The zero-order valence-electron chi connectivity index (χ0n) is 11.6. The van der Waals surface area contributed by atoms with Crippen molar-refractivity contribution >= 4 is 17.8 Å². The normalized spacial score (nSPS) is 11.5. The van der Waals surface area contributed by atoms with E-state index >= 15 is 0 Å². The molecule has 7 heteroatoms. The molecule has 7 nitrogen and oxygen atoms in total. The summed E-state index contributed by atoms with van der Waals surface area (Å²) >= 11 is 0. The first-order valence-electron chi connectivity index (χ1n) is 6.27. The number of carbonyl (C=O) groups excluding carboxylic acids is 2. The lowest BCUT2D eigenvalue weighted by Gasteiger charge is -2.12. The summed E-state index contributed by atoms with van der Waals surface area (Å²) in [4.78, 5) is 21.8. The van der Waals surface area contributed by atoms with Crippen LogP contribution in [-0.2, 0) is 4.74 Å². The summed E-state index contributed by atoms with van der Waals surface area (Å²) in [5.74, 6) is 0. The number of urea groups is 1. The zero-order valence-corrected chi connectivity index (χ0v) is 11.6.